The van der Waals surface area contributed by atoms with Crippen LogP contribution in [0, 0.1) is 3.57 Å². The van der Waals surface area contributed by atoms with Crippen molar-refractivity contribution in [3.8, 4) is 17.2 Å². The second-order valence-electron chi connectivity index (χ2n) is 6.10. The number of fused-ring (bicyclic) bond motifs is 1. The van der Waals surface area contributed by atoms with Gasteiger partial charge in [0.15, 0.2) is 11.6 Å². The second-order valence-corrected chi connectivity index (χ2v) is 7.78. The smallest absolute Gasteiger partial charge is 0.275 e. The van der Waals surface area contributed by atoms with E-state index < -0.39 is 11.3 Å². The maximum Gasteiger partial charge on any atom is 0.275 e. The van der Waals surface area contributed by atoms with Crippen molar-refractivity contribution >= 4 is 50.9 Å². The zero-order chi connectivity index (χ0) is 20.0. The van der Waals surface area contributed by atoms with Gasteiger partial charge in [-0.1, -0.05) is 11.6 Å². The number of aromatic nitrogens is 4. The summed E-state index contributed by atoms with van der Waals surface area (Å²) in [6.45, 7) is 1.29. The maximum absolute atomic E-state index is 13.3. The molecule has 0 spiro atoms. The summed E-state index contributed by atoms with van der Waals surface area (Å²) >= 11 is 8.10. The van der Waals surface area contributed by atoms with Crippen molar-refractivity contribution in [1.29, 1.82) is 0 Å². The van der Waals surface area contributed by atoms with Gasteiger partial charge in [0.1, 0.15) is 11.3 Å². The van der Waals surface area contributed by atoms with Crippen molar-refractivity contribution < 1.29 is 4.79 Å². The molecule has 9 heteroatoms. The summed E-state index contributed by atoms with van der Waals surface area (Å²) in [5.74, 6) is -0.276. The summed E-state index contributed by atoms with van der Waals surface area (Å²) in [6, 6.07) is 12.0. The fourth-order valence-corrected chi connectivity index (χ4v) is 3.63. The van der Waals surface area contributed by atoms with Gasteiger partial charge < -0.3 is 0 Å². The predicted molar refractivity (Wildman–Crippen MR) is 115 cm³/mol. The molecule has 0 bridgehead atoms. The highest BCUT2D eigenvalue weighted by molar-refractivity contribution is 14.1. The van der Waals surface area contributed by atoms with Crippen LogP contribution in [0.25, 0.3) is 28.1 Å². The molecule has 0 aliphatic rings. The standard InChI is InChI=1S/C19H12ClIN4O3/c1-9(26)15-16(23-24-18(15)27)17-22-14-7-4-11(21)8-13(14)19(28)25(17)12-5-2-10(20)3-6-12/h2-8H,1H3,(H2,23,24,27). The third kappa shape index (κ3) is 3.08. The molecule has 0 atom stereocenters. The number of hydrogen-bond donors (Lipinski definition) is 2. The highest BCUT2D eigenvalue weighted by Gasteiger charge is 2.22. The number of carbonyl (C=O) groups excluding carboxylic acids is 1. The second kappa shape index (κ2) is 7.02. The molecule has 2 N–H and O–H groups in total. The van der Waals surface area contributed by atoms with E-state index in [0.717, 1.165) is 3.57 Å². The summed E-state index contributed by atoms with van der Waals surface area (Å²) in [7, 11) is 0. The molecule has 7 nitrogen and oxygen atoms in total. The normalized spacial score (nSPS) is 11.1. The van der Waals surface area contributed by atoms with Crippen molar-refractivity contribution in [2.24, 2.45) is 0 Å². The Balaban J connectivity index is 2.16. The topological polar surface area (TPSA) is 101 Å². The lowest BCUT2D eigenvalue weighted by Crippen LogP contribution is -2.23. The van der Waals surface area contributed by atoms with E-state index in [0.29, 0.717) is 21.6 Å². The Hall–Kier alpha value is -2.72. The molecular weight excluding hydrogens is 495 g/mol. The molecule has 2 aromatic heterocycles. The molecule has 4 rings (SSSR count). The van der Waals surface area contributed by atoms with Crippen molar-refractivity contribution in [3.05, 3.63) is 77.3 Å². The SMILES string of the molecule is CC(=O)c1c(-c2nc3ccc(I)cc3c(=O)n2-c2ccc(Cl)cc2)[nH][nH]c1=O. The van der Waals surface area contributed by atoms with Crippen LogP contribution >= 0.6 is 34.2 Å². The number of Topliss-reactive ketones (excluding diaryl/α,β-unsaturated/α-hetero) is 1. The fraction of sp³-hybridized carbons (Fsp3) is 0.0526. The number of carbonyl (C=O) groups is 1. The summed E-state index contributed by atoms with van der Waals surface area (Å²) < 4.78 is 2.25. The largest absolute Gasteiger partial charge is 0.294 e. The lowest BCUT2D eigenvalue weighted by atomic mass is 10.1. The van der Waals surface area contributed by atoms with Gasteiger partial charge in [-0.3, -0.25) is 29.1 Å². The van der Waals surface area contributed by atoms with Crippen molar-refractivity contribution in [1.82, 2.24) is 19.7 Å². The lowest BCUT2D eigenvalue weighted by Gasteiger charge is -2.13. The first-order valence-electron chi connectivity index (χ1n) is 8.17. The van der Waals surface area contributed by atoms with Gasteiger partial charge in [0.05, 0.1) is 16.6 Å². The van der Waals surface area contributed by atoms with Crippen molar-refractivity contribution in [2.45, 2.75) is 6.92 Å². The number of hydrogen-bond acceptors (Lipinski definition) is 4. The van der Waals surface area contributed by atoms with E-state index in [1.54, 1.807) is 36.4 Å². The minimum absolute atomic E-state index is 0.0838. The average Bonchev–Trinajstić information content (AvgIpc) is 3.05. The molecule has 0 fully saturated rings. The van der Waals surface area contributed by atoms with Crippen LogP contribution in [0.5, 0.6) is 0 Å². The number of aromatic amines is 2. The Labute approximate surface area is 176 Å². The van der Waals surface area contributed by atoms with Gasteiger partial charge in [0.25, 0.3) is 11.1 Å². The van der Waals surface area contributed by atoms with Gasteiger partial charge in [0.2, 0.25) is 0 Å². The predicted octanol–water partition coefficient (Wildman–Crippen LogP) is 3.53. The van der Waals surface area contributed by atoms with E-state index in [1.807, 2.05) is 6.07 Å². The third-order valence-electron chi connectivity index (χ3n) is 4.27. The van der Waals surface area contributed by atoms with Crippen LogP contribution in [0.1, 0.15) is 17.3 Å². The molecule has 0 amide bonds. The summed E-state index contributed by atoms with van der Waals surface area (Å²) in [5, 5.41) is 6.03. The van der Waals surface area contributed by atoms with Gasteiger partial charge >= 0.3 is 0 Å². The number of nitrogens with one attached hydrogen (secondary N) is 2. The first kappa shape index (κ1) is 18.6. The van der Waals surface area contributed by atoms with Gasteiger partial charge in [-0.15, -0.1) is 0 Å². The van der Waals surface area contributed by atoms with Gasteiger partial charge in [-0.05, 0) is 72.0 Å². The molecule has 0 saturated carbocycles. The third-order valence-corrected chi connectivity index (χ3v) is 5.19. The number of ketones is 1. The van der Waals surface area contributed by atoms with Crippen LogP contribution in [0.2, 0.25) is 5.02 Å². The van der Waals surface area contributed by atoms with Crippen LogP contribution in [0.15, 0.2) is 52.1 Å². The van der Waals surface area contributed by atoms with E-state index in [2.05, 4.69) is 37.8 Å². The highest BCUT2D eigenvalue weighted by Crippen LogP contribution is 2.24. The lowest BCUT2D eigenvalue weighted by molar-refractivity contribution is 0.101. The zero-order valence-corrected chi connectivity index (χ0v) is 17.3. The Morgan fingerprint density at radius 1 is 1.11 bits per heavy atom. The molecule has 2 heterocycles. The molecule has 0 aliphatic heterocycles. The zero-order valence-electron chi connectivity index (χ0n) is 14.4. The van der Waals surface area contributed by atoms with E-state index in [1.165, 1.54) is 11.5 Å². The van der Waals surface area contributed by atoms with Crippen molar-refractivity contribution in [3.63, 3.8) is 0 Å². The summed E-state index contributed by atoms with van der Waals surface area (Å²) in [6.07, 6.45) is 0. The van der Waals surface area contributed by atoms with E-state index in [4.69, 9.17) is 11.6 Å². The number of H-pyrrole nitrogens is 2. The molecule has 0 aliphatic carbocycles. The van der Waals surface area contributed by atoms with Gasteiger partial charge in [-0.25, -0.2) is 4.98 Å². The van der Waals surface area contributed by atoms with E-state index in [-0.39, 0.29) is 22.6 Å². The average molecular weight is 507 g/mol. The molecule has 140 valence electrons. The first-order valence-corrected chi connectivity index (χ1v) is 9.62. The maximum atomic E-state index is 13.3. The molecule has 28 heavy (non-hydrogen) atoms. The minimum atomic E-state index is -0.567. The molecule has 4 aromatic rings. The van der Waals surface area contributed by atoms with Crippen LogP contribution in [-0.2, 0) is 0 Å². The number of nitrogens with zero attached hydrogens (tertiary/aromatic N) is 2. The molecule has 2 aromatic carbocycles. The first-order chi connectivity index (χ1) is 13.4. The Morgan fingerprint density at radius 3 is 2.50 bits per heavy atom. The molecule has 0 unspecified atom stereocenters. The van der Waals surface area contributed by atoms with Gasteiger partial charge in [0, 0.05) is 8.59 Å². The quantitative estimate of drug-likeness (QED) is 0.328. The number of halogens is 2. The Bertz CT molecular complexity index is 1350. The van der Waals surface area contributed by atoms with Gasteiger partial charge in [-0.2, -0.15) is 0 Å². The number of rotatable bonds is 3. The number of benzene rings is 2. The summed E-state index contributed by atoms with van der Waals surface area (Å²) in [4.78, 5) is 42.1. The van der Waals surface area contributed by atoms with Crippen LogP contribution in [0.3, 0.4) is 0 Å². The minimum Gasteiger partial charge on any atom is -0.294 e. The highest BCUT2D eigenvalue weighted by atomic mass is 127. The van der Waals surface area contributed by atoms with E-state index >= 15 is 0 Å². The monoisotopic (exact) mass is 506 g/mol. The van der Waals surface area contributed by atoms with Crippen LogP contribution in [0.4, 0.5) is 0 Å². The molecule has 0 radical (unpaired) electrons. The van der Waals surface area contributed by atoms with Crippen LogP contribution < -0.4 is 11.1 Å². The van der Waals surface area contributed by atoms with E-state index in [9.17, 15) is 14.4 Å². The fourth-order valence-electron chi connectivity index (χ4n) is 3.02. The van der Waals surface area contributed by atoms with Crippen molar-refractivity contribution in [2.75, 3.05) is 0 Å². The molecular formula is C19H12ClIN4O3. The van der Waals surface area contributed by atoms with Crippen LogP contribution in [-0.4, -0.2) is 25.5 Å². The summed E-state index contributed by atoms with van der Waals surface area (Å²) in [5.41, 5.74) is 0.153. The Morgan fingerprint density at radius 2 is 1.82 bits per heavy atom. The Kier molecular flexibility index (Phi) is 4.68. The molecule has 0 saturated heterocycles.